The van der Waals surface area contributed by atoms with E-state index in [4.69, 9.17) is 24.1 Å². The molecule has 1 aliphatic carbocycles. The van der Waals surface area contributed by atoms with Crippen molar-refractivity contribution in [2.24, 2.45) is 0 Å². The predicted molar refractivity (Wildman–Crippen MR) is 174 cm³/mol. The molecule has 0 amide bonds. The summed E-state index contributed by atoms with van der Waals surface area (Å²) in [6.07, 6.45) is 6.14. The number of nitrogens with zero attached hydrogens (tertiary/aromatic N) is 3. The molecular formula is C39H25N3O2. The highest BCUT2D eigenvalue weighted by molar-refractivity contribution is 6.06. The van der Waals surface area contributed by atoms with Crippen molar-refractivity contribution < 1.29 is 9.15 Å². The maximum atomic E-state index is 6.58. The number of hydrogen-bond donors (Lipinski definition) is 0. The smallest absolute Gasteiger partial charge is 0.164 e. The van der Waals surface area contributed by atoms with E-state index in [1.165, 1.54) is 0 Å². The number of para-hydroxylation sites is 1. The summed E-state index contributed by atoms with van der Waals surface area (Å²) in [7, 11) is 0. The van der Waals surface area contributed by atoms with Gasteiger partial charge in [0.25, 0.3) is 0 Å². The summed E-state index contributed by atoms with van der Waals surface area (Å²) in [6.45, 7) is 0. The summed E-state index contributed by atoms with van der Waals surface area (Å²) >= 11 is 0. The molecule has 2 atom stereocenters. The van der Waals surface area contributed by atoms with Crippen LogP contribution >= 0.6 is 0 Å². The second-order valence-electron chi connectivity index (χ2n) is 11.1. The van der Waals surface area contributed by atoms with Crippen LogP contribution in [-0.2, 0) is 0 Å². The fourth-order valence-electron chi connectivity index (χ4n) is 6.50. The molecule has 5 heteroatoms. The maximum absolute atomic E-state index is 6.58. The predicted octanol–water partition coefficient (Wildman–Crippen LogP) is 9.27. The van der Waals surface area contributed by atoms with E-state index in [0.717, 1.165) is 61.1 Å². The minimum absolute atomic E-state index is 0.0855. The van der Waals surface area contributed by atoms with Crippen LogP contribution in [0.3, 0.4) is 0 Å². The van der Waals surface area contributed by atoms with E-state index >= 15 is 0 Å². The van der Waals surface area contributed by atoms with Crippen LogP contribution < -0.4 is 4.74 Å². The summed E-state index contributed by atoms with van der Waals surface area (Å²) in [5, 5.41) is 2.21. The minimum atomic E-state index is -0.165. The molecule has 0 spiro atoms. The van der Waals surface area contributed by atoms with Crippen molar-refractivity contribution in [1.29, 1.82) is 0 Å². The number of allylic oxidation sites excluding steroid dienone is 2. The molecule has 5 nitrogen and oxygen atoms in total. The Hall–Kier alpha value is -5.81. The molecule has 2 aliphatic rings. The zero-order chi connectivity index (χ0) is 29.0. The van der Waals surface area contributed by atoms with Gasteiger partial charge in [0.1, 0.15) is 23.0 Å². The second-order valence-corrected chi connectivity index (χ2v) is 11.1. The van der Waals surface area contributed by atoms with Gasteiger partial charge in [0.15, 0.2) is 17.5 Å². The molecule has 2 unspecified atom stereocenters. The molecule has 9 rings (SSSR count). The molecule has 44 heavy (non-hydrogen) atoms. The number of ether oxygens (including phenoxy) is 1. The average Bonchev–Trinajstić information content (AvgIpc) is 3.67. The summed E-state index contributed by atoms with van der Waals surface area (Å²) < 4.78 is 12.7. The highest BCUT2D eigenvalue weighted by Gasteiger charge is 2.40. The van der Waals surface area contributed by atoms with Crippen LogP contribution in [0.4, 0.5) is 0 Å². The molecule has 5 aromatic carbocycles. The van der Waals surface area contributed by atoms with Crippen molar-refractivity contribution in [3.05, 3.63) is 151 Å². The third kappa shape index (κ3) is 3.97. The summed E-state index contributed by atoms with van der Waals surface area (Å²) in [5.74, 6) is 2.74. The minimum Gasteiger partial charge on any atom is -0.485 e. The van der Waals surface area contributed by atoms with E-state index in [9.17, 15) is 0 Å². The Morgan fingerprint density at radius 3 is 2.00 bits per heavy atom. The lowest BCUT2D eigenvalue weighted by molar-refractivity contribution is 0.271. The average molecular weight is 568 g/mol. The quantitative estimate of drug-likeness (QED) is 0.212. The Labute approximate surface area is 253 Å². The van der Waals surface area contributed by atoms with Crippen molar-refractivity contribution in [2.75, 3.05) is 0 Å². The van der Waals surface area contributed by atoms with Gasteiger partial charge < -0.3 is 9.15 Å². The molecular weight excluding hydrogens is 542 g/mol. The first-order chi connectivity index (χ1) is 21.8. The standard InChI is InChI=1S/C39H25N3O2/c1-3-11-24(12-4-1)37-40-38(25-13-5-2-6-14-25)42-39(41-37)29-17-10-20-34-36(29)35-27(16-9-19-33(35)44-34)26-21-22-32-30(23-26)28-15-7-8-18-31(28)43-32/h1-23,34,36H. The molecule has 0 bridgehead atoms. The van der Waals surface area contributed by atoms with Gasteiger partial charge in [-0.05, 0) is 41.5 Å². The van der Waals surface area contributed by atoms with Crippen molar-refractivity contribution in [3.8, 4) is 39.7 Å². The first kappa shape index (κ1) is 24.8. The van der Waals surface area contributed by atoms with E-state index < -0.39 is 0 Å². The molecule has 1 aliphatic heterocycles. The monoisotopic (exact) mass is 567 g/mol. The lowest BCUT2D eigenvalue weighted by Crippen LogP contribution is -2.21. The largest absolute Gasteiger partial charge is 0.485 e. The number of rotatable bonds is 4. The highest BCUT2D eigenvalue weighted by atomic mass is 16.5. The van der Waals surface area contributed by atoms with Gasteiger partial charge in [0.05, 0.1) is 5.92 Å². The van der Waals surface area contributed by atoms with Crippen LogP contribution in [0.1, 0.15) is 17.3 Å². The van der Waals surface area contributed by atoms with E-state index in [0.29, 0.717) is 17.5 Å². The Kier molecular flexibility index (Phi) is 5.56. The molecule has 7 aromatic rings. The van der Waals surface area contributed by atoms with Gasteiger partial charge in [-0.2, -0.15) is 0 Å². The second kappa shape index (κ2) is 9.89. The van der Waals surface area contributed by atoms with Gasteiger partial charge in [0.2, 0.25) is 0 Å². The van der Waals surface area contributed by atoms with Gasteiger partial charge in [-0.3, -0.25) is 0 Å². The molecule has 3 heterocycles. The topological polar surface area (TPSA) is 61.0 Å². The summed E-state index contributed by atoms with van der Waals surface area (Å²) in [6, 6.07) is 41.1. The molecule has 2 aromatic heterocycles. The van der Waals surface area contributed by atoms with E-state index in [1.54, 1.807) is 0 Å². The van der Waals surface area contributed by atoms with Crippen molar-refractivity contribution >= 4 is 27.5 Å². The van der Waals surface area contributed by atoms with Crippen LogP contribution in [0.25, 0.3) is 61.4 Å². The number of fused-ring (bicyclic) bond motifs is 6. The molecule has 208 valence electrons. The van der Waals surface area contributed by atoms with Crippen LogP contribution in [0.2, 0.25) is 0 Å². The van der Waals surface area contributed by atoms with Crippen molar-refractivity contribution in [2.45, 2.75) is 12.0 Å². The molecule has 0 saturated carbocycles. The lowest BCUT2D eigenvalue weighted by atomic mass is 9.80. The van der Waals surface area contributed by atoms with Crippen LogP contribution in [0.15, 0.2) is 144 Å². The molecule has 0 saturated heterocycles. The molecule has 0 radical (unpaired) electrons. The van der Waals surface area contributed by atoms with E-state index in [1.807, 2.05) is 72.8 Å². The first-order valence-corrected chi connectivity index (χ1v) is 14.8. The van der Waals surface area contributed by atoms with Gasteiger partial charge in [-0.15, -0.1) is 0 Å². The first-order valence-electron chi connectivity index (χ1n) is 14.8. The zero-order valence-electron chi connectivity index (χ0n) is 23.6. The van der Waals surface area contributed by atoms with Crippen LogP contribution in [-0.4, -0.2) is 21.1 Å². The van der Waals surface area contributed by atoms with E-state index in [-0.39, 0.29) is 12.0 Å². The molecule has 0 N–H and O–H groups in total. The zero-order valence-corrected chi connectivity index (χ0v) is 23.6. The highest BCUT2D eigenvalue weighted by Crippen LogP contribution is 2.51. The number of furan rings is 1. The fraction of sp³-hybridized carbons (Fsp3) is 0.0513. The Bertz CT molecular complexity index is 2210. The molecule has 0 fully saturated rings. The van der Waals surface area contributed by atoms with Crippen LogP contribution in [0.5, 0.6) is 5.75 Å². The lowest BCUT2D eigenvalue weighted by Gasteiger charge is -2.23. The van der Waals surface area contributed by atoms with Crippen LogP contribution in [0, 0.1) is 0 Å². The number of aromatic nitrogens is 3. The van der Waals surface area contributed by atoms with Gasteiger partial charge in [-0.1, -0.05) is 109 Å². The number of benzene rings is 5. The van der Waals surface area contributed by atoms with Gasteiger partial charge >= 0.3 is 0 Å². The normalized spacial score (nSPS) is 16.9. The summed E-state index contributed by atoms with van der Waals surface area (Å²) in [4.78, 5) is 15.0. The van der Waals surface area contributed by atoms with Crippen molar-refractivity contribution in [1.82, 2.24) is 15.0 Å². The maximum Gasteiger partial charge on any atom is 0.164 e. The van der Waals surface area contributed by atoms with Crippen molar-refractivity contribution in [3.63, 3.8) is 0 Å². The van der Waals surface area contributed by atoms with E-state index in [2.05, 4.69) is 66.8 Å². The SMILES string of the molecule is C1=CC2Oc3cccc(-c4ccc5oc6ccccc6c5c4)c3C2C(c2nc(-c3ccccc3)nc(-c3ccccc3)n2)=C1. The Balaban J connectivity index is 1.21. The third-order valence-corrected chi connectivity index (χ3v) is 8.53. The Morgan fingerprint density at radius 2 is 1.23 bits per heavy atom. The third-order valence-electron chi connectivity index (χ3n) is 8.53. The van der Waals surface area contributed by atoms with Gasteiger partial charge in [0, 0.05) is 33.0 Å². The summed E-state index contributed by atoms with van der Waals surface area (Å²) in [5.41, 5.74) is 8.06. The Morgan fingerprint density at radius 1 is 0.545 bits per heavy atom. The van der Waals surface area contributed by atoms with Gasteiger partial charge in [-0.25, -0.2) is 15.0 Å². The fourth-order valence-corrected chi connectivity index (χ4v) is 6.50. The number of hydrogen-bond acceptors (Lipinski definition) is 5.